The van der Waals surface area contributed by atoms with Crippen LogP contribution >= 0.6 is 11.6 Å². The summed E-state index contributed by atoms with van der Waals surface area (Å²) in [6.07, 6.45) is 2.01. The number of halogens is 1. The molecule has 146 valence electrons. The van der Waals surface area contributed by atoms with Crippen molar-refractivity contribution in [2.24, 2.45) is 5.41 Å². The number of aromatic nitrogens is 1. The van der Waals surface area contributed by atoms with Crippen molar-refractivity contribution in [2.45, 2.75) is 26.7 Å². The minimum Gasteiger partial charge on any atom is -0.384 e. The average Bonchev–Trinajstić information content (AvgIpc) is 2.96. The molecule has 1 saturated heterocycles. The van der Waals surface area contributed by atoms with E-state index in [4.69, 9.17) is 16.3 Å². The van der Waals surface area contributed by atoms with Crippen LogP contribution in [0.25, 0.3) is 5.69 Å². The molecule has 2 aromatic rings. The first kappa shape index (κ1) is 19.9. The van der Waals surface area contributed by atoms with Crippen molar-refractivity contribution in [3.05, 3.63) is 52.3 Å². The summed E-state index contributed by atoms with van der Waals surface area (Å²) in [4.78, 5) is 12.9. The molecule has 1 aliphatic rings. The summed E-state index contributed by atoms with van der Waals surface area (Å²) >= 11 is 6.00. The van der Waals surface area contributed by atoms with Gasteiger partial charge in [0.2, 0.25) is 0 Å². The number of hydrogen-bond donors (Lipinski definition) is 2. The Balaban J connectivity index is 1.77. The highest BCUT2D eigenvalue weighted by atomic mass is 35.5. The van der Waals surface area contributed by atoms with Gasteiger partial charge in [-0.25, -0.2) is 0 Å². The predicted octanol–water partition coefficient (Wildman–Crippen LogP) is 3.49. The molecule has 3 rings (SSSR count). The second kappa shape index (κ2) is 8.46. The zero-order valence-electron chi connectivity index (χ0n) is 16.3. The van der Waals surface area contributed by atoms with Crippen LogP contribution in [0, 0.1) is 19.3 Å². The summed E-state index contributed by atoms with van der Waals surface area (Å²) in [5, 5.41) is 7.23. The second-order valence-corrected chi connectivity index (χ2v) is 7.90. The Bertz CT molecular complexity index is 787. The zero-order valence-corrected chi connectivity index (χ0v) is 17.0. The normalized spacial score (nSPS) is 16.3. The minimum absolute atomic E-state index is 0.0113. The number of rotatable bonds is 6. The number of nitrogens with zero attached hydrogens (tertiary/aromatic N) is 1. The van der Waals surface area contributed by atoms with Gasteiger partial charge in [0.25, 0.3) is 5.91 Å². The fraction of sp³-hybridized carbons (Fsp3) is 0.476. The quantitative estimate of drug-likeness (QED) is 0.795. The first-order valence-corrected chi connectivity index (χ1v) is 9.76. The van der Waals surface area contributed by atoms with Crippen molar-refractivity contribution < 1.29 is 9.53 Å². The largest absolute Gasteiger partial charge is 0.384 e. The monoisotopic (exact) mass is 389 g/mol. The second-order valence-electron chi connectivity index (χ2n) is 7.46. The molecule has 1 aromatic heterocycles. The summed E-state index contributed by atoms with van der Waals surface area (Å²) in [6, 6.07) is 9.60. The zero-order chi connectivity index (χ0) is 19.4. The van der Waals surface area contributed by atoms with Crippen LogP contribution in [0.3, 0.4) is 0 Å². The van der Waals surface area contributed by atoms with E-state index >= 15 is 0 Å². The molecule has 0 atom stereocenters. The number of aryl methyl sites for hydroxylation is 1. The lowest BCUT2D eigenvalue weighted by atomic mass is 9.79. The lowest BCUT2D eigenvalue weighted by Crippen LogP contribution is -2.47. The Morgan fingerprint density at radius 3 is 2.56 bits per heavy atom. The molecule has 0 unspecified atom stereocenters. The van der Waals surface area contributed by atoms with Gasteiger partial charge >= 0.3 is 0 Å². The molecule has 27 heavy (non-hydrogen) atoms. The van der Waals surface area contributed by atoms with E-state index in [9.17, 15) is 4.79 Å². The number of carbonyl (C=O) groups excluding carboxylic acids is 1. The van der Waals surface area contributed by atoms with Gasteiger partial charge in [-0.05, 0) is 70.1 Å². The number of amides is 1. The molecule has 2 heterocycles. The molecule has 0 spiro atoms. The Morgan fingerprint density at radius 1 is 1.26 bits per heavy atom. The summed E-state index contributed by atoms with van der Waals surface area (Å²) < 4.78 is 7.53. The third-order valence-corrected chi connectivity index (χ3v) is 5.75. The topological polar surface area (TPSA) is 55.3 Å². The lowest BCUT2D eigenvalue weighted by Gasteiger charge is -2.37. The van der Waals surface area contributed by atoms with Crippen molar-refractivity contribution in [1.82, 2.24) is 15.2 Å². The fourth-order valence-electron chi connectivity index (χ4n) is 3.98. The molecule has 1 aliphatic heterocycles. The van der Waals surface area contributed by atoms with Gasteiger partial charge in [0.05, 0.1) is 12.2 Å². The predicted molar refractivity (Wildman–Crippen MR) is 109 cm³/mol. The highest BCUT2D eigenvalue weighted by Gasteiger charge is 2.33. The third kappa shape index (κ3) is 4.37. The van der Waals surface area contributed by atoms with Gasteiger partial charge in [0.1, 0.15) is 0 Å². The molecule has 0 bridgehead atoms. The molecule has 0 aliphatic carbocycles. The fourth-order valence-corrected chi connectivity index (χ4v) is 4.10. The molecule has 0 saturated carbocycles. The number of ether oxygens (including phenoxy) is 1. The van der Waals surface area contributed by atoms with E-state index in [1.54, 1.807) is 7.11 Å². The Hall–Kier alpha value is -1.82. The van der Waals surface area contributed by atoms with Gasteiger partial charge in [-0.2, -0.15) is 0 Å². The summed E-state index contributed by atoms with van der Waals surface area (Å²) in [5.41, 5.74) is 3.68. The van der Waals surface area contributed by atoms with Crippen molar-refractivity contribution in [1.29, 1.82) is 0 Å². The van der Waals surface area contributed by atoms with Crippen LogP contribution in [-0.4, -0.2) is 43.8 Å². The van der Waals surface area contributed by atoms with Crippen LogP contribution in [0.1, 0.15) is 34.6 Å². The van der Waals surface area contributed by atoms with Gasteiger partial charge in [-0.1, -0.05) is 11.6 Å². The summed E-state index contributed by atoms with van der Waals surface area (Å²) in [6.45, 7) is 7.21. The van der Waals surface area contributed by atoms with Gasteiger partial charge in [-0.3, -0.25) is 4.79 Å². The van der Waals surface area contributed by atoms with Gasteiger partial charge in [0, 0.05) is 41.2 Å². The van der Waals surface area contributed by atoms with E-state index in [-0.39, 0.29) is 11.3 Å². The molecule has 6 heteroatoms. The molecular formula is C21H28ClN3O2. The highest BCUT2D eigenvalue weighted by Crippen LogP contribution is 2.29. The first-order valence-electron chi connectivity index (χ1n) is 9.38. The number of hydrogen-bond acceptors (Lipinski definition) is 3. The van der Waals surface area contributed by atoms with Crippen LogP contribution in [0.15, 0.2) is 30.3 Å². The van der Waals surface area contributed by atoms with E-state index in [2.05, 4.69) is 15.2 Å². The number of piperidine rings is 1. The van der Waals surface area contributed by atoms with Gasteiger partial charge in [0.15, 0.2) is 0 Å². The minimum atomic E-state index is -0.0303. The molecule has 1 fully saturated rings. The number of nitrogens with one attached hydrogen (secondary N) is 2. The Kier molecular flexibility index (Phi) is 6.25. The molecule has 1 aromatic carbocycles. The molecule has 0 radical (unpaired) electrons. The maximum Gasteiger partial charge on any atom is 0.253 e. The van der Waals surface area contributed by atoms with Crippen molar-refractivity contribution in [3.63, 3.8) is 0 Å². The molecular weight excluding hydrogens is 362 g/mol. The van der Waals surface area contributed by atoms with E-state index < -0.39 is 0 Å². The van der Waals surface area contributed by atoms with E-state index in [1.165, 1.54) is 0 Å². The maximum absolute atomic E-state index is 12.9. The first-order chi connectivity index (χ1) is 13.0. The van der Waals surface area contributed by atoms with Crippen molar-refractivity contribution in [3.8, 4) is 5.69 Å². The summed E-state index contributed by atoms with van der Waals surface area (Å²) in [5.74, 6) is -0.0303. The van der Waals surface area contributed by atoms with Crippen molar-refractivity contribution in [2.75, 3.05) is 33.4 Å². The SMILES string of the molecule is COCC1(CNC(=O)c2cc(C)n(-c3ccc(Cl)cc3)c2C)CCNCC1. The van der Waals surface area contributed by atoms with Gasteiger partial charge < -0.3 is 19.9 Å². The lowest BCUT2D eigenvalue weighted by molar-refractivity contribution is 0.0511. The number of benzene rings is 1. The standard InChI is InChI=1S/C21H28ClN3O2/c1-15-12-19(16(2)25(15)18-6-4-17(22)5-7-18)20(26)24-13-21(14-27-3)8-10-23-11-9-21/h4-7,12,23H,8-11,13-14H2,1-3H3,(H,24,26). The van der Waals surface area contributed by atoms with Crippen LogP contribution < -0.4 is 10.6 Å². The van der Waals surface area contributed by atoms with E-state index in [1.807, 2.05) is 44.2 Å². The Morgan fingerprint density at radius 2 is 1.93 bits per heavy atom. The van der Waals surface area contributed by atoms with Crippen LogP contribution in [0.4, 0.5) is 0 Å². The molecule has 2 N–H and O–H groups in total. The number of methoxy groups -OCH3 is 1. The molecule has 5 nitrogen and oxygen atoms in total. The average molecular weight is 390 g/mol. The van der Waals surface area contributed by atoms with E-state index in [0.717, 1.165) is 43.0 Å². The van der Waals surface area contributed by atoms with Crippen LogP contribution in [-0.2, 0) is 4.74 Å². The Labute approximate surface area is 166 Å². The van der Waals surface area contributed by atoms with Gasteiger partial charge in [-0.15, -0.1) is 0 Å². The molecule has 1 amide bonds. The third-order valence-electron chi connectivity index (χ3n) is 5.50. The van der Waals surface area contributed by atoms with E-state index in [0.29, 0.717) is 23.7 Å². The maximum atomic E-state index is 12.9. The number of carbonyl (C=O) groups is 1. The van der Waals surface area contributed by atoms with Crippen molar-refractivity contribution >= 4 is 17.5 Å². The van der Waals surface area contributed by atoms with Crippen LogP contribution in [0.2, 0.25) is 5.02 Å². The smallest absolute Gasteiger partial charge is 0.253 e. The summed E-state index contributed by atoms with van der Waals surface area (Å²) in [7, 11) is 1.73. The van der Waals surface area contributed by atoms with Crippen LogP contribution in [0.5, 0.6) is 0 Å². The highest BCUT2D eigenvalue weighted by molar-refractivity contribution is 6.30.